The first kappa shape index (κ1) is 10.2. The molecule has 0 amide bonds. The normalized spacial score (nSPS) is 13.3. The SMILES string of the molecule is CCC(C)c1ncncc1C(C)C. The molecule has 72 valence electrons. The topological polar surface area (TPSA) is 25.8 Å². The zero-order valence-corrected chi connectivity index (χ0v) is 8.91. The number of aromatic nitrogens is 2. The van der Waals surface area contributed by atoms with Crippen LogP contribution in [-0.4, -0.2) is 9.97 Å². The zero-order valence-electron chi connectivity index (χ0n) is 8.91. The van der Waals surface area contributed by atoms with Gasteiger partial charge in [0.05, 0.1) is 0 Å². The van der Waals surface area contributed by atoms with Crippen molar-refractivity contribution >= 4 is 0 Å². The van der Waals surface area contributed by atoms with E-state index in [1.807, 2.05) is 6.20 Å². The fourth-order valence-electron chi connectivity index (χ4n) is 1.40. The molecule has 0 aromatic carbocycles. The highest BCUT2D eigenvalue weighted by Gasteiger charge is 2.12. The molecule has 0 fully saturated rings. The number of nitrogens with zero attached hydrogens (tertiary/aromatic N) is 2. The Morgan fingerprint density at radius 1 is 1.31 bits per heavy atom. The van der Waals surface area contributed by atoms with Crippen LogP contribution in [0.25, 0.3) is 0 Å². The van der Waals surface area contributed by atoms with Gasteiger partial charge in [-0.3, -0.25) is 0 Å². The lowest BCUT2D eigenvalue weighted by atomic mass is 9.94. The van der Waals surface area contributed by atoms with E-state index in [4.69, 9.17) is 0 Å². The summed E-state index contributed by atoms with van der Waals surface area (Å²) in [4.78, 5) is 8.43. The van der Waals surface area contributed by atoms with Crippen molar-refractivity contribution in [3.05, 3.63) is 23.8 Å². The summed E-state index contributed by atoms with van der Waals surface area (Å²) < 4.78 is 0. The summed E-state index contributed by atoms with van der Waals surface area (Å²) in [6.45, 7) is 8.78. The van der Waals surface area contributed by atoms with Gasteiger partial charge < -0.3 is 0 Å². The van der Waals surface area contributed by atoms with E-state index >= 15 is 0 Å². The van der Waals surface area contributed by atoms with Crippen molar-refractivity contribution in [1.29, 1.82) is 0 Å². The fourth-order valence-corrected chi connectivity index (χ4v) is 1.40. The Kier molecular flexibility index (Phi) is 3.40. The minimum Gasteiger partial charge on any atom is -0.245 e. The van der Waals surface area contributed by atoms with Gasteiger partial charge in [0, 0.05) is 11.9 Å². The van der Waals surface area contributed by atoms with Crippen molar-refractivity contribution < 1.29 is 0 Å². The fraction of sp³-hybridized carbons (Fsp3) is 0.636. The van der Waals surface area contributed by atoms with Crippen LogP contribution in [0.3, 0.4) is 0 Å². The minimum atomic E-state index is 0.519. The van der Waals surface area contributed by atoms with Crippen molar-refractivity contribution in [1.82, 2.24) is 9.97 Å². The van der Waals surface area contributed by atoms with Gasteiger partial charge in [0.2, 0.25) is 0 Å². The average molecular weight is 178 g/mol. The number of hydrogen-bond donors (Lipinski definition) is 0. The Hall–Kier alpha value is -0.920. The molecule has 2 heteroatoms. The highest BCUT2D eigenvalue weighted by atomic mass is 14.8. The lowest BCUT2D eigenvalue weighted by Crippen LogP contribution is -2.04. The molecule has 0 radical (unpaired) electrons. The van der Waals surface area contributed by atoms with Crippen LogP contribution in [-0.2, 0) is 0 Å². The standard InChI is InChI=1S/C11H18N2/c1-5-9(4)11-10(8(2)3)6-12-7-13-11/h6-9H,5H2,1-4H3. The summed E-state index contributed by atoms with van der Waals surface area (Å²) in [7, 11) is 0. The summed E-state index contributed by atoms with van der Waals surface area (Å²) in [5.74, 6) is 1.06. The molecule has 1 rings (SSSR count). The van der Waals surface area contributed by atoms with E-state index in [0.717, 1.165) is 6.42 Å². The summed E-state index contributed by atoms with van der Waals surface area (Å²) in [5, 5.41) is 0. The van der Waals surface area contributed by atoms with Gasteiger partial charge in [-0.05, 0) is 23.8 Å². The van der Waals surface area contributed by atoms with Crippen molar-refractivity contribution in [2.45, 2.75) is 46.0 Å². The van der Waals surface area contributed by atoms with Crippen molar-refractivity contribution in [2.24, 2.45) is 0 Å². The largest absolute Gasteiger partial charge is 0.245 e. The molecule has 1 heterocycles. The van der Waals surface area contributed by atoms with E-state index in [9.17, 15) is 0 Å². The lowest BCUT2D eigenvalue weighted by molar-refractivity contribution is 0.675. The molecule has 0 spiro atoms. The van der Waals surface area contributed by atoms with Gasteiger partial charge in [-0.25, -0.2) is 9.97 Å². The molecule has 0 aliphatic heterocycles. The second kappa shape index (κ2) is 4.35. The van der Waals surface area contributed by atoms with Gasteiger partial charge in [-0.2, -0.15) is 0 Å². The number of rotatable bonds is 3. The second-order valence-electron chi connectivity index (χ2n) is 3.83. The van der Waals surface area contributed by atoms with Crippen LogP contribution in [0.2, 0.25) is 0 Å². The quantitative estimate of drug-likeness (QED) is 0.710. The molecule has 1 aromatic rings. The molecule has 1 atom stereocenters. The third kappa shape index (κ3) is 2.27. The highest BCUT2D eigenvalue weighted by molar-refractivity contribution is 5.22. The van der Waals surface area contributed by atoms with E-state index in [1.165, 1.54) is 11.3 Å². The Bertz CT molecular complexity index is 269. The maximum atomic E-state index is 4.36. The Morgan fingerprint density at radius 2 is 2.00 bits per heavy atom. The van der Waals surface area contributed by atoms with Crippen LogP contribution in [0.4, 0.5) is 0 Å². The molecule has 13 heavy (non-hydrogen) atoms. The van der Waals surface area contributed by atoms with Gasteiger partial charge in [0.1, 0.15) is 6.33 Å². The third-order valence-electron chi connectivity index (χ3n) is 2.47. The molecule has 0 aliphatic rings. The van der Waals surface area contributed by atoms with E-state index in [0.29, 0.717) is 11.8 Å². The highest BCUT2D eigenvalue weighted by Crippen LogP contribution is 2.24. The van der Waals surface area contributed by atoms with Crippen molar-refractivity contribution in [3.63, 3.8) is 0 Å². The smallest absolute Gasteiger partial charge is 0.115 e. The van der Waals surface area contributed by atoms with Crippen LogP contribution < -0.4 is 0 Å². The third-order valence-corrected chi connectivity index (χ3v) is 2.47. The van der Waals surface area contributed by atoms with Crippen LogP contribution >= 0.6 is 0 Å². The summed E-state index contributed by atoms with van der Waals surface area (Å²) in [6.07, 6.45) is 4.73. The predicted octanol–water partition coefficient (Wildman–Crippen LogP) is 3.11. The maximum Gasteiger partial charge on any atom is 0.115 e. The molecule has 0 saturated heterocycles. The van der Waals surface area contributed by atoms with Crippen molar-refractivity contribution in [2.75, 3.05) is 0 Å². The summed E-state index contributed by atoms with van der Waals surface area (Å²) in [5.41, 5.74) is 2.50. The molecular formula is C11H18N2. The average Bonchev–Trinajstić information content (AvgIpc) is 2.16. The van der Waals surface area contributed by atoms with Crippen LogP contribution in [0.1, 0.15) is 57.2 Å². The number of hydrogen-bond acceptors (Lipinski definition) is 2. The first-order chi connectivity index (χ1) is 6.16. The molecule has 0 saturated carbocycles. The Balaban J connectivity index is 3.04. The van der Waals surface area contributed by atoms with Gasteiger partial charge in [-0.15, -0.1) is 0 Å². The van der Waals surface area contributed by atoms with E-state index in [2.05, 4.69) is 37.7 Å². The first-order valence-electron chi connectivity index (χ1n) is 4.96. The summed E-state index contributed by atoms with van der Waals surface area (Å²) >= 11 is 0. The lowest BCUT2D eigenvalue weighted by Gasteiger charge is -2.14. The van der Waals surface area contributed by atoms with Crippen LogP contribution in [0.5, 0.6) is 0 Å². The van der Waals surface area contributed by atoms with E-state index < -0.39 is 0 Å². The Morgan fingerprint density at radius 3 is 2.54 bits per heavy atom. The van der Waals surface area contributed by atoms with Gasteiger partial charge in [0.25, 0.3) is 0 Å². The van der Waals surface area contributed by atoms with E-state index in [1.54, 1.807) is 6.33 Å². The van der Waals surface area contributed by atoms with Crippen molar-refractivity contribution in [3.8, 4) is 0 Å². The molecule has 1 aromatic heterocycles. The second-order valence-corrected chi connectivity index (χ2v) is 3.83. The predicted molar refractivity (Wildman–Crippen MR) is 54.8 cm³/mol. The minimum absolute atomic E-state index is 0.519. The van der Waals surface area contributed by atoms with Crippen LogP contribution in [0, 0.1) is 0 Å². The van der Waals surface area contributed by atoms with Gasteiger partial charge in [-0.1, -0.05) is 27.7 Å². The molecule has 2 nitrogen and oxygen atoms in total. The zero-order chi connectivity index (χ0) is 9.84. The first-order valence-corrected chi connectivity index (χ1v) is 4.96. The molecule has 0 aliphatic carbocycles. The van der Waals surface area contributed by atoms with Gasteiger partial charge >= 0.3 is 0 Å². The molecule has 0 bridgehead atoms. The monoisotopic (exact) mass is 178 g/mol. The summed E-state index contributed by atoms with van der Waals surface area (Å²) in [6, 6.07) is 0. The molecule has 1 unspecified atom stereocenters. The molecule has 0 N–H and O–H groups in total. The van der Waals surface area contributed by atoms with Gasteiger partial charge in [0.15, 0.2) is 0 Å². The van der Waals surface area contributed by atoms with E-state index in [-0.39, 0.29) is 0 Å². The van der Waals surface area contributed by atoms with Crippen LogP contribution in [0.15, 0.2) is 12.5 Å². The maximum absolute atomic E-state index is 4.36. The Labute approximate surface area is 80.4 Å². The molecular weight excluding hydrogens is 160 g/mol.